The minimum Gasteiger partial charge on any atom is -0.460 e. The first kappa shape index (κ1) is 46.5. The third-order valence-electron chi connectivity index (χ3n) is 11.0. The number of likely N-dealkylation sites (N-methyl/N-ethyl adjacent to an activating group) is 2. The van der Waals surface area contributed by atoms with E-state index in [0.29, 0.717) is 25.7 Å². The Morgan fingerprint density at radius 1 is 0.860 bits per heavy atom. The number of hydrogen-bond acceptors (Lipinski definition) is 9. The molecule has 0 aliphatic carbocycles. The van der Waals surface area contributed by atoms with E-state index in [4.69, 9.17) is 15.9 Å². The summed E-state index contributed by atoms with van der Waals surface area (Å²) in [6.45, 7) is 13.3. The van der Waals surface area contributed by atoms with Crippen molar-refractivity contribution in [2.75, 3.05) is 27.2 Å². The summed E-state index contributed by atoms with van der Waals surface area (Å²) in [5, 5.41) is 5.49. The molecule has 0 unspecified atom stereocenters. The molecular weight excluding hydrogens is 730 g/mol. The standard InChI is InChI=1S/C43H63N5O9/c1-12-13-15-22-32-43(8,9)42(55)45-34(26(2)3)39(52)47(11)35(27(4)5)41(54)57-36(28(6)7)40(53)48-23-18-21-30(48)38(51)46(10)31(24-29-19-16-14-17-20-29)37(50)44-25-33(49)56-32/h1,14,16-17,19-20,26-28,30-32,34-36H,13,15,18,21-25H2,2-11H3,(H,44,50)(H,45,55)/t30-,31+,32-,34-,35+,36-/m0/s1. The van der Waals surface area contributed by atoms with Gasteiger partial charge >= 0.3 is 11.9 Å². The van der Waals surface area contributed by atoms with Crippen LogP contribution in [0, 0.1) is 35.5 Å². The van der Waals surface area contributed by atoms with Crippen LogP contribution in [0.1, 0.15) is 93.1 Å². The number of fused-ring (bicyclic) bond motifs is 1. The fourth-order valence-corrected chi connectivity index (χ4v) is 7.40. The molecule has 0 spiro atoms. The van der Waals surface area contributed by atoms with Gasteiger partial charge in [0.1, 0.15) is 36.8 Å². The zero-order valence-electron chi connectivity index (χ0n) is 35.3. The molecule has 2 aliphatic rings. The van der Waals surface area contributed by atoms with Crippen LogP contribution in [0.4, 0.5) is 0 Å². The van der Waals surface area contributed by atoms with Crippen LogP contribution in [0.2, 0.25) is 0 Å². The molecule has 0 aromatic heterocycles. The van der Waals surface area contributed by atoms with Crippen molar-refractivity contribution in [2.24, 2.45) is 23.2 Å². The number of amides is 5. The maximum Gasteiger partial charge on any atom is 0.329 e. The number of hydrogen-bond donors (Lipinski definition) is 2. The average molecular weight is 794 g/mol. The Bertz CT molecular complexity index is 1650. The molecule has 0 saturated carbocycles. The zero-order valence-corrected chi connectivity index (χ0v) is 35.3. The van der Waals surface area contributed by atoms with Crippen molar-refractivity contribution < 1.29 is 43.0 Å². The molecule has 0 radical (unpaired) electrons. The van der Waals surface area contributed by atoms with Gasteiger partial charge in [-0.3, -0.25) is 28.8 Å². The average Bonchev–Trinajstić information content (AvgIpc) is 3.65. The number of nitrogens with one attached hydrogen (secondary N) is 2. The smallest absolute Gasteiger partial charge is 0.329 e. The first-order chi connectivity index (χ1) is 26.7. The van der Waals surface area contributed by atoms with Gasteiger partial charge in [0.2, 0.25) is 23.6 Å². The normalized spacial score (nSPS) is 26.3. The second-order valence-electron chi connectivity index (χ2n) is 16.8. The molecule has 14 nitrogen and oxygen atoms in total. The van der Waals surface area contributed by atoms with Gasteiger partial charge in [0.15, 0.2) is 6.10 Å². The van der Waals surface area contributed by atoms with Gasteiger partial charge in [-0.05, 0) is 62.8 Å². The lowest BCUT2D eigenvalue weighted by Crippen LogP contribution is -2.59. The molecule has 6 atom stereocenters. The van der Waals surface area contributed by atoms with Crippen LogP contribution in [-0.4, -0.2) is 120 Å². The van der Waals surface area contributed by atoms with Gasteiger partial charge in [-0.1, -0.05) is 71.9 Å². The van der Waals surface area contributed by atoms with Crippen LogP contribution in [0.3, 0.4) is 0 Å². The number of rotatable bonds is 8. The molecule has 314 valence electrons. The van der Waals surface area contributed by atoms with Crippen molar-refractivity contribution in [1.29, 1.82) is 0 Å². The first-order valence-electron chi connectivity index (χ1n) is 20.0. The largest absolute Gasteiger partial charge is 0.460 e. The molecule has 2 saturated heterocycles. The van der Waals surface area contributed by atoms with Crippen molar-refractivity contribution in [3.8, 4) is 12.3 Å². The predicted octanol–water partition coefficient (Wildman–Crippen LogP) is 3.11. The minimum atomic E-state index is -1.38. The van der Waals surface area contributed by atoms with Gasteiger partial charge in [0.25, 0.3) is 5.91 Å². The summed E-state index contributed by atoms with van der Waals surface area (Å²) in [7, 11) is 2.95. The van der Waals surface area contributed by atoms with E-state index in [2.05, 4.69) is 16.6 Å². The number of terminal acetylenes is 1. The number of benzene rings is 1. The fraction of sp³-hybridized carbons (Fsp3) is 0.651. The Morgan fingerprint density at radius 2 is 1.51 bits per heavy atom. The summed E-state index contributed by atoms with van der Waals surface area (Å²) in [4.78, 5) is 102. The number of ether oxygens (including phenoxy) is 2. The van der Waals surface area contributed by atoms with Gasteiger partial charge in [-0.2, -0.15) is 0 Å². The van der Waals surface area contributed by atoms with E-state index in [1.807, 2.05) is 30.3 Å². The minimum absolute atomic E-state index is 0.110. The summed E-state index contributed by atoms with van der Waals surface area (Å²) >= 11 is 0. The summed E-state index contributed by atoms with van der Waals surface area (Å²) in [5.41, 5.74) is -0.620. The predicted molar refractivity (Wildman–Crippen MR) is 214 cm³/mol. The first-order valence-corrected chi connectivity index (χ1v) is 20.0. The second-order valence-corrected chi connectivity index (χ2v) is 16.8. The topological polar surface area (TPSA) is 172 Å². The van der Waals surface area contributed by atoms with Gasteiger partial charge < -0.3 is 34.8 Å². The van der Waals surface area contributed by atoms with Gasteiger partial charge in [0.05, 0.1) is 5.41 Å². The molecule has 57 heavy (non-hydrogen) atoms. The third-order valence-corrected chi connectivity index (χ3v) is 11.0. The molecule has 0 bridgehead atoms. The molecule has 2 fully saturated rings. The number of carbonyl (C=O) groups excluding carboxylic acids is 7. The van der Waals surface area contributed by atoms with Crippen LogP contribution in [-0.2, 0) is 49.5 Å². The number of carbonyl (C=O) groups is 7. The number of unbranched alkanes of at least 4 members (excludes halogenated alkanes) is 1. The van der Waals surface area contributed by atoms with E-state index >= 15 is 0 Å². The van der Waals surface area contributed by atoms with E-state index in [1.54, 1.807) is 55.4 Å². The molecule has 1 aromatic carbocycles. The highest BCUT2D eigenvalue weighted by atomic mass is 16.6. The number of esters is 2. The highest BCUT2D eigenvalue weighted by Crippen LogP contribution is 2.30. The molecule has 5 amide bonds. The Hall–Kier alpha value is -4.93. The van der Waals surface area contributed by atoms with Crippen molar-refractivity contribution in [2.45, 2.75) is 130 Å². The Morgan fingerprint density at radius 3 is 2.09 bits per heavy atom. The molecule has 1 aromatic rings. The fourth-order valence-electron chi connectivity index (χ4n) is 7.40. The van der Waals surface area contributed by atoms with Crippen LogP contribution in [0.5, 0.6) is 0 Å². The lowest BCUT2D eigenvalue weighted by atomic mass is 9.82. The van der Waals surface area contributed by atoms with E-state index in [1.165, 1.54) is 28.8 Å². The van der Waals surface area contributed by atoms with E-state index in [0.717, 1.165) is 5.56 Å². The molecular formula is C43H63N5O9. The number of cyclic esters (lactones) is 2. The molecule has 14 heteroatoms. The van der Waals surface area contributed by atoms with Gasteiger partial charge in [-0.25, -0.2) is 4.79 Å². The van der Waals surface area contributed by atoms with Crippen molar-refractivity contribution in [3.05, 3.63) is 35.9 Å². The summed E-state index contributed by atoms with van der Waals surface area (Å²) in [5.74, 6) is -3.24. The molecule has 3 rings (SSSR count). The Kier molecular flexibility index (Phi) is 16.7. The molecule has 2 heterocycles. The van der Waals surface area contributed by atoms with E-state index < -0.39 is 108 Å². The highest BCUT2D eigenvalue weighted by molar-refractivity contribution is 5.96. The summed E-state index contributed by atoms with van der Waals surface area (Å²) in [6.07, 6.45) is 5.16. The van der Waals surface area contributed by atoms with Gasteiger partial charge in [0, 0.05) is 33.5 Å². The van der Waals surface area contributed by atoms with Crippen LogP contribution < -0.4 is 10.6 Å². The molecule has 2 N–H and O–H groups in total. The van der Waals surface area contributed by atoms with E-state index in [9.17, 15) is 33.6 Å². The van der Waals surface area contributed by atoms with Crippen molar-refractivity contribution in [3.63, 3.8) is 0 Å². The highest BCUT2D eigenvalue weighted by Gasteiger charge is 2.46. The van der Waals surface area contributed by atoms with Crippen LogP contribution in [0.15, 0.2) is 30.3 Å². The van der Waals surface area contributed by atoms with Crippen molar-refractivity contribution in [1.82, 2.24) is 25.3 Å². The monoisotopic (exact) mass is 793 g/mol. The lowest BCUT2D eigenvalue weighted by Gasteiger charge is -2.38. The van der Waals surface area contributed by atoms with Crippen molar-refractivity contribution >= 4 is 41.5 Å². The number of nitrogens with zero attached hydrogens (tertiary/aromatic N) is 3. The lowest BCUT2D eigenvalue weighted by molar-refractivity contribution is -0.172. The Balaban J connectivity index is 2.14. The summed E-state index contributed by atoms with van der Waals surface area (Å²) in [6, 6.07) is 4.85. The quantitative estimate of drug-likeness (QED) is 0.228. The second kappa shape index (κ2) is 20.5. The third kappa shape index (κ3) is 11.6. The van der Waals surface area contributed by atoms with E-state index in [-0.39, 0.29) is 19.4 Å². The zero-order chi connectivity index (χ0) is 42.8. The molecule has 2 aliphatic heterocycles. The SMILES string of the molecule is C#CCCC[C@@H]1OC(=O)CNC(=O)[C@@H](Cc2ccccc2)N(C)C(=O)[C@@H]2CCCN2C(=O)[C@H](C(C)C)OC(=O)[C@@H](C(C)C)N(C)C(=O)[C@H](C(C)C)NC(=O)C1(C)C. The van der Waals surface area contributed by atoms with Crippen LogP contribution in [0.25, 0.3) is 0 Å². The maximum absolute atomic E-state index is 14.3. The van der Waals surface area contributed by atoms with Crippen LogP contribution >= 0.6 is 0 Å². The Labute approximate surface area is 338 Å². The summed E-state index contributed by atoms with van der Waals surface area (Å²) < 4.78 is 11.9. The van der Waals surface area contributed by atoms with Gasteiger partial charge in [-0.15, -0.1) is 12.3 Å². The maximum atomic E-state index is 14.3.